The Morgan fingerprint density at radius 3 is 2.65 bits per heavy atom. The van der Waals surface area contributed by atoms with Crippen LogP contribution in [-0.4, -0.2) is 4.98 Å². The Balaban J connectivity index is 2.04. The first kappa shape index (κ1) is 11.9. The Kier molecular flexibility index (Phi) is 3.96. The molecule has 0 aliphatic rings. The summed E-state index contributed by atoms with van der Waals surface area (Å²) in [6.45, 7) is 0.880. The number of nitrogens with zero attached hydrogens (tertiary/aromatic N) is 1. The molecule has 88 valence electrons. The van der Waals surface area contributed by atoms with Crippen molar-refractivity contribution in [3.05, 3.63) is 58.7 Å². The molecule has 0 bridgehead atoms. The first-order chi connectivity index (χ1) is 8.29. The van der Waals surface area contributed by atoms with E-state index in [1.54, 1.807) is 6.20 Å². The van der Waals surface area contributed by atoms with Gasteiger partial charge in [-0.25, -0.2) is 4.98 Å². The maximum atomic E-state index is 5.81. The number of nitrogens with two attached hydrogens (primary N) is 1. The number of halogens is 1. The molecule has 4 heteroatoms. The van der Waals surface area contributed by atoms with Crippen LogP contribution in [0.5, 0.6) is 5.88 Å². The Morgan fingerprint density at radius 2 is 1.94 bits per heavy atom. The molecule has 17 heavy (non-hydrogen) atoms. The summed E-state index contributed by atoms with van der Waals surface area (Å²) in [6, 6.07) is 11.3. The van der Waals surface area contributed by atoms with Crippen LogP contribution in [0.1, 0.15) is 11.1 Å². The third-order valence-electron chi connectivity index (χ3n) is 2.36. The predicted molar refractivity (Wildman–Crippen MR) is 67.9 cm³/mol. The van der Waals surface area contributed by atoms with Crippen LogP contribution >= 0.6 is 11.6 Å². The lowest BCUT2D eigenvalue weighted by Gasteiger charge is -2.08. The molecule has 0 fully saturated rings. The number of pyridine rings is 1. The van der Waals surface area contributed by atoms with Crippen LogP contribution in [0.3, 0.4) is 0 Å². The lowest BCUT2D eigenvalue weighted by molar-refractivity contribution is 0.290. The first-order valence-corrected chi connectivity index (χ1v) is 5.68. The van der Waals surface area contributed by atoms with Crippen molar-refractivity contribution >= 4 is 11.6 Å². The highest BCUT2D eigenvalue weighted by Crippen LogP contribution is 2.16. The summed E-state index contributed by atoms with van der Waals surface area (Å²) in [5.74, 6) is 0.588. The van der Waals surface area contributed by atoms with Crippen LogP contribution in [0.15, 0.2) is 42.6 Å². The Labute approximate surface area is 105 Å². The molecule has 1 aromatic carbocycles. The number of aromatic nitrogens is 1. The Bertz CT molecular complexity index is 485. The van der Waals surface area contributed by atoms with Crippen molar-refractivity contribution in [2.24, 2.45) is 5.73 Å². The van der Waals surface area contributed by atoms with Crippen molar-refractivity contribution in [1.82, 2.24) is 4.98 Å². The van der Waals surface area contributed by atoms with Gasteiger partial charge < -0.3 is 10.5 Å². The molecule has 0 unspecified atom stereocenters. The van der Waals surface area contributed by atoms with E-state index in [9.17, 15) is 0 Å². The van der Waals surface area contributed by atoms with Gasteiger partial charge in [-0.2, -0.15) is 0 Å². The second-order valence-corrected chi connectivity index (χ2v) is 4.02. The van der Waals surface area contributed by atoms with Crippen LogP contribution in [0.4, 0.5) is 0 Å². The van der Waals surface area contributed by atoms with Gasteiger partial charge in [0.15, 0.2) is 0 Å². The maximum Gasteiger partial charge on any atom is 0.218 e. The van der Waals surface area contributed by atoms with Crippen LogP contribution in [0.25, 0.3) is 0 Å². The van der Waals surface area contributed by atoms with Crippen molar-refractivity contribution in [1.29, 1.82) is 0 Å². The lowest BCUT2D eigenvalue weighted by atomic mass is 10.2. The van der Waals surface area contributed by atoms with Gasteiger partial charge in [0, 0.05) is 23.3 Å². The molecule has 0 saturated heterocycles. The molecule has 0 atom stereocenters. The van der Waals surface area contributed by atoms with Crippen molar-refractivity contribution in [2.75, 3.05) is 0 Å². The Morgan fingerprint density at radius 1 is 1.18 bits per heavy atom. The number of benzene rings is 1. The third-order valence-corrected chi connectivity index (χ3v) is 2.61. The highest BCUT2D eigenvalue weighted by atomic mass is 35.5. The van der Waals surface area contributed by atoms with Crippen molar-refractivity contribution in [3.63, 3.8) is 0 Å². The predicted octanol–water partition coefficient (Wildman–Crippen LogP) is 2.77. The van der Waals surface area contributed by atoms with Gasteiger partial charge in [0.25, 0.3) is 0 Å². The second kappa shape index (κ2) is 5.66. The zero-order valence-corrected chi connectivity index (χ0v) is 10.0. The molecule has 3 nitrogen and oxygen atoms in total. The smallest absolute Gasteiger partial charge is 0.218 e. The molecule has 0 saturated carbocycles. The highest BCUT2D eigenvalue weighted by Gasteiger charge is 2.02. The van der Waals surface area contributed by atoms with E-state index in [4.69, 9.17) is 22.1 Å². The molecule has 1 heterocycles. The van der Waals surface area contributed by atoms with E-state index in [1.807, 2.05) is 36.4 Å². The molecule has 2 N–H and O–H groups in total. The van der Waals surface area contributed by atoms with Crippen molar-refractivity contribution in [2.45, 2.75) is 13.2 Å². The SMILES string of the molecule is NCc1cccnc1OCc1ccc(Cl)cc1. The standard InChI is InChI=1S/C13H13ClN2O/c14-12-5-3-10(4-6-12)9-17-13-11(8-15)2-1-7-16-13/h1-7H,8-9,15H2. The van der Waals surface area contributed by atoms with Crippen molar-refractivity contribution < 1.29 is 4.74 Å². The zero-order chi connectivity index (χ0) is 12.1. The minimum atomic E-state index is 0.420. The Hall–Kier alpha value is -1.58. The largest absolute Gasteiger partial charge is 0.473 e. The molecular weight excluding hydrogens is 236 g/mol. The van der Waals surface area contributed by atoms with Gasteiger partial charge in [-0.05, 0) is 23.8 Å². The first-order valence-electron chi connectivity index (χ1n) is 5.31. The maximum absolute atomic E-state index is 5.81. The van der Waals surface area contributed by atoms with Crippen LogP contribution in [-0.2, 0) is 13.2 Å². The summed E-state index contributed by atoms with van der Waals surface area (Å²) in [7, 11) is 0. The molecule has 0 aliphatic carbocycles. The van der Waals surface area contributed by atoms with E-state index in [2.05, 4.69) is 4.98 Å². The lowest BCUT2D eigenvalue weighted by Crippen LogP contribution is -2.04. The third kappa shape index (κ3) is 3.19. The van der Waals surface area contributed by atoms with Crippen molar-refractivity contribution in [3.8, 4) is 5.88 Å². The average Bonchev–Trinajstić information content (AvgIpc) is 2.38. The number of hydrogen-bond acceptors (Lipinski definition) is 3. The average molecular weight is 249 g/mol. The summed E-state index contributed by atoms with van der Waals surface area (Å²) in [4.78, 5) is 4.15. The fourth-order valence-corrected chi connectivity index (χ4v) is 1.57. The fourth-order valence-electron chi connectivity index (χ4n) is 1.44. The van der Waals surface area contributed by atoms with Gasteiger partial charge in [0.1, 0.15) is 6.61 Å². The van der Waals surface area contributed by atoms with Crippen LogP contribution in [0.2, 0.25) is 5.02 Å². The zero-order valence-electron chi connectivity index (χ0n) is 9.27. The molecule has 0 spiro atoms. The normalized spacial score (nSPS) is 10.2. The van der Waals surface area contributed by atoms with Gasteiger partial charge in [-0.3, -0.25) is 0 Å². The quantitative estimate of drug-likeness (QED) is 0.905. The summed E-state index contributed by atoms with van der Waals surface area (Å²) in [5.41, 5.74) is 7.55. The van der Waals surface area contributed by atoms with E-state index >= 15 is 0 Å². The van der Waals surface area contributed by atoms with E-state index in [1.165, 1.54) is 0 Å². The second-order valence-electron chi connectivity index (χ2n) is 3.59. The minimum Gasteiger partial charge on any atom is -0.473 e. The molecule has 0 radical (unpaired) electrons. The monoisotopic (exact) mass is 248 g/mol. The molecule has 1 aromatic heterocycles. The molecule has 2 aromatic rings. The van der Waals surface area contributed by atoms with Gasteiger partial charge in [-0.1, -0.05) is 29.8 Å². The van der Waals surface area contributed by atoms with Gasteiger partial charge in [0.05, 0.1) is 0 Å². The number of hydrogen-bond donors (Lipinski definition) is 1. The van der Waals surface area contributed by atoms with Gasteiger partial charge in [0.2, 0.25) is 5.88 Å². The summed E-state index contributed by atoms with van der Waals surface area (Å²) in [6.07, 6.45) is 1.69. The molecule has 0 aliphatic heterocycles. The van der Waals surface area contributed by atoms with Gasteiger partial charge in [-0.15, -0.1) is 0 Å². The minimum absolute atomic E-state index is 0.420. The number of ether oxygens (including phenoxy) is 1. The van der Waals surface area contributed by atoms with Crippen LogP contribution in [0, 0.1) is 0 Å². The topological polar surface area (TPSA) is 48.1 Å². The highest BCUT2D eigenvalue weighted by molar-refractivity contribution is 6.30. The van der Waals surface area contributed by atoms with E-state index in [0.29, 0.717) is 24.1 Å². The van der Waals surface area contributed by atoms with Gasteiger partial charge >= 0.3 is 0 Å². The molecule has 0 amide bonds. The fraction of sp³-hybridized carbons (Fsp3) is 0.154. The summed E-state index contributed by atoms with van der Waals surface area (Å²) < 4.78 is 5.62. The van der Waals surface area contributed by atoms with E-state index < -0.39 is 0 Å². The molecular formula is C13H13ClN2O. The molecule has 2 rings (SSSR count). The van der Waals surface area contributed by atoms with E-state index in [-0.39, 0.29) is 0 Å². The summed E-state index contributed by atoms with van der Waals surface area (Å²) in [5, 5.41) is 0.717. The van der Waals surface area contributed by atoms with E-state index in [0.717, 1.165) is 11.1 Å². The summed E-state index contributed by atoms with van der Waals surface area (Å²) >= 11 is 5.81. The number of rotatable bonds is 4. The van der Waals surface area contributed by atoms with Crippen LogP contribution < -0.4 is 10.5 Å².